The van der Waals surface area contributed by atoms with E-state index in [9.17, 15) is 36.6 Å². The Bertz CT molecular complexity index is 2230. The number of amides is 2. The number of aliphatic hydroxyl groups is 2. The standard InChI is InChI=1S/C37H35ClF3N3O9S/c1-42-34(47)29-18-24(45)20-44(29,2)36(27-16-22(10-14-30(27)52-4)33(46)21-8-6-5-7-9-21)26-17-23(38)11-13-28(26)43(35(36)48)54(49,50)32-15-12-25(51-3)19-31(32)53-37(39,40)41/h5-17,19,24,29,33,45-46H,18,20H2,1-4H3/p+1/t24-,29+,33?,36?,44?/m1/s1. The van der Waals surface area contributed by atoms with Crippen LogP contribution >= 0.6 is 11.6 Å². The molecule has 12 nitrogen and oxygen atoms in total. The van der Waals surface area contributed by atoms with Crippen molar-refractivity contribution in [3.63, 3.8) is 0 Å². The number of likely N-dealkylation sites (tertiary alicyclic amines) is 1. The van der Waals surface area contributed by atoms with Gasteiger partial charge in [-0.1, -0.05) is 48.0 Å². The summed E-state index contributed by atoms with van der Waals surface area (Å²) in [5, 5.41) is 25.4. The number of carbonyl (C=O) groups is 2. The van der Waals surface area contributed by atoms with Gasteiger partial charge in [0.25, 0.3) is 15.9 Å². The SMILES string of the molecule is CNC(=O)[C@@H]1C[C@@H](O)C[N+]1(C)C1(c2cc(C(O)c3ccccc3)ccc2OC)C(=O)N(S(=O)(=O)c2ccc(OC)cc2OC(F)(F)F)c2ccc(Cl)cc21. The summed E-state index contributed by atoms with van der Waals surface area (Å²) in [5.74, 6) is -3.14. The summed E-state index contributed by atoms with van der Waals surface area (Å²) in [6.07, 6.45) is -7.97. The highest BCUT2D eigenvalue weighted by Gasteiger charge is 2.72. The van der Waals surface area contributed by atoms with Crippen LogP contribution in [0, 0.1) is 0 Å². The molecule has 2 heterocycles. The molecule has 54 heavy (non-hydrogen) atoms. The molecule has 0 radical (unpaired) electrons. The molecule has 4 aromatic carbocycles. The van der Waals surface area contributed by atoms with Gasteiger partial charge in [0, 0.05) is 24.6 Å². The Morgan fingerprint density at radius 2 is 1.69 bits per heavy atom. The summed E-state index contributed by atoms with van der Waals surface area (Å²) in [6, 6.07) is 18.3. The maximum Gasteiger partial charge on any atom is 0.573 e. The highest BCUT2D eigenvalue weighted by Crippen LogP contribution is 2.58. The van der Waals surface area contributed by atoms with E-state index in [1.807, 2.05) is 0 Å². The summed E-state index contributed by atoms with van der Waals surface area (Å²) in [6.45, 7) is -0.288. The summed E-state index contributed by atoms with van der Waals surface area (Å²) < 4.78 is 85.6. The van der Waals surface area contributed by atoms with E-state index in [2.05, 4.69) is 10.1 Å². The number of ether oxygens (including phenoxy) is 3. The largest absolute Gasteiger partial charge is 0.573 e. The molecule has 0 saturated carbocycles. The molecule has 2 amide bonds. The average Bonchev–Trinajstić information content (AvgIpc) is 3.60. The number of nitrogens with zero attached hydrogens (tertiary/aromatic N) is 2. The summed E-state index contributed by atoms with van der Waals surface area (Å²) in [4.78, 5) is 28.5. The van der Waals surface area contributed by atoms with Gasteiger partial charge >= 0.3 is 12.3 Å². The second-order valence-corrected chi connectivity index (χ2v) is 15.2. The van der Waals surface area contributed by atoms with Gasteiger partial charge in [0.15, 0.2) is 11.8 Å². The van der Waals surface area contributed by atoms with Crippen molar-refractivity contribution < 1.29 is 60.1 Å². The molecule has 5 atom stereocenters. The lowest BCUT2D eigenvalue weighted by Gasteiger charge is -2.48. The third-order valence-electron chi connectivity index (χ3n) is 10.1. The van der Waals surface area contributed by atoms with Gasteiger partial charge in [0.1, 0.15) is 35.1 Å². The molecule has 6 rings (SSSR count). The van der Waals surface area contributed by atoms with Crippen LogP contribution in [0.3, 0.4) is 0 Å². The number of halogens is 4. The van der Waals surface area contributed by atoms with E-state index in [0.717, 1.165) is 25.3 Å². The number of fused-ring (bicyclic) bond motifs is 1. The van der Waals surface area contributed by atoms with E-state index in [1.165, 1.54) is 51.5 Å². The van der Waals surface area contributed by atoms with Crippen molar-refractivity contribution in [2.24, 2.45) is 0 Å². The van der Waals surface area contributed by atoms with E-state index in [1.54, 1.807) is 36.4 Å². The molecule has 1 saturated heterocycles. The Hall–Kier alpha value is -4.87. The highest BCUT2D eigenvalue weighted by atomic mass is 35.5. The van der Waals surface area contributed by atoms with Crippen LogP contribution < -0.4 is 23.8 Å². The predicted octanol–water partition coefficient (Wildman–Crippen LogP) is 4.64. The van der Waals surface area contributed by atoms with Crippen molar-refractivity contribution in [3.8, 4) is 17.2 Å². The molecule has 4 aromatic rings. The molecule has 2 aliphatic heterocycles. The first-order chi connectivity index (χ1) is 25.4. The lowest BCUT2D eigenvalue weighted by molar-refractivity contribution is -0.953. The van der Waals surface area contributed by atoms with E-state index in [4.69, 9.17) is 21.1 Å². The van der Waals surface area contributed by atoms with Crippen LogP contribution in [0.25, 0.3) is 0 Å². The van der Waals surface area contributed by atoms with Gasteiger partial charge in [-0.2, -0.15) is 4.31 Å². The Kier molecular flexibility index (Phi) is 10.1. The van der Waals surface area contributed by atoms with Crippen LogP contribution in [0.15, 0.2) is 89.8 Å². The summed E-state index contributed by atoms with van der Waals surface area (Å²) in [5.41, 5.74) is -1.98. The van der Waals surface area contributed by atoms with Gasteiger partial charge in [-0.25, -0.2) is 8.42 Å². The van der Waals surface area contributed by atoms with Gasteiger partial charge in [-0.15, -0.1) is 13.2 Å². The predicted molar refractivity (Wildman–Crippen MR) is 190 cm³/mol. The first-order valence-electron chi connectivity index (χ1n) is 16.4. The minimum Gasteiger partial charge on any atom is -0.497 e. The van der Waals surface area contributed by atoms with Gasteiger partial charge in [0.05, 0.1) is 38.1 Å². The summed E-state index contributed by atoms with van der Waals surface area (Å²) >= 11 is 6.59. The molecule has 0 aliphatic carbocycles. The van der Waals surface area contributed by atoms with Crippen molar-refractivity contribution in [3.05, 3.63) is 112 Å². The molecule has 286 valence electrons. The van der Waals surface area contributed by atoms with Crippen LogP contribution in [0.1, 0.15) is 34.8 Å². The average molecular weight is 791 g/mol. The molecule has 0 spiro atoms. The molecular formula is C37H36ClF3N3O9S+. The number of methoxy groups -OCH3 is 2. The van der Waals surface area contributed by atoms with Crippen LogP contribution in [0.4, 0.5) is 18.9 Å². The van der Waals surface area contributed by atoms with Gasteiger partial charge < -0.3 is 29.7 Å². The van der Waals surface area contributed by atoms with Crippen molar-refractivity contribution in [1.82, 2.24) is 5.32 Å². The minimum absolute atomic E-state index is 0.0179. The molecule has 3 unspecified atom stereocenters. The fourth-order valence-electron chi connectivity index (χ4n) is 7.78. The summed E-state index contributed by atoms with van der Waals surface area (Å²) in [7, 11) is 0.00522. The van der Waals surface area contributed by atoms with Crippen LogP contribution in [0.2, 0.25) is 5.02 Å². The van der Waals surface area contributed by atoms with Crippen LogP contribution in [0.5, 0.6) is 17.2 Å². The van der Waals surface area contributed by atoms with E-state index < -0.39 is 67.1 Å². The Labute approximate surface area is 313 Å². The molecule has 0 aromatic heterocycles. The second kappa shape index (κ2) is 14.1. The number of hydrogen-bond donors (Lipinski definition) is 3. The Morgan fingerprint density at radius 1 is 0.981 bits per heavy atom. The molecule has 17 heteroatoms. The zero-order valence-electron chi connectivity index (χ0n) is 29.3. The van der Waals surface area contributed by atoms with Crippen molar-refractivity contribution in [2.45, 2.75) is 41.5 Å². The highest BCUT2D eigenvalue weighted by molar-refractivity contribution is 7.93. The number of nitrogens with one attached hydrogen (secondary N) is 1. The Balaban J connectivity index is 1.72. The first kappa shape index (κ1) is 38.8. The molecule has 2 aliphatic rings. The van der Waals surface area contributed by atoms with Gasteiger partial charge in [-0.05, 0) is 53.6 Å². The fraction of sp³-hybridized carbons (Fsp3) is 0.297. The number of aliphatic hydroxyl groups excluding tert-OH is 2. The normalized spacial score (nSPS) is 23.1. The minimum atomic E-state index is -5.35. The first-order valence-corrected chi connectivity index (χ1v) is 18.3. The lowest BCUT2D eigenvalue weighted by Crippen LogP contribution is -2.69. The number of anilines is 1. The Morgan fingerprint density at radius 3 is 2.31 bits per heavy atom. The van der Waals surface area contributed by atoms with Gasteiger partial charge in [-0.3, -0.25) is 14.1 Å². The van der Waals surface area contributed by atoms with Crippen molar-refractivity contribution in [2.75, 3.05) is 39.2 Å². The fourth-order valence-corrected chi connectivity index (χ4v) is 9.52. The second-order valence-electron chi connectivity index (χ2n) is 13.0. The van der Waals surface area contributed by atoms with Crippen molar-refractivity contribution >= 4 is 39.1 Å². The number of rotatable bonds is 10. The number of hydrogen-bond acceptors (Lipinski definition) is 9. The zero-order chi connectivity index (χ0) is 39.4. The molecule has 3 N–H and O–H groups in total. The van der Waals surface area contributed by atoms with Crippen LogP contribution in [-0.2, 0) is 25.2 Å². The quantitative estimate of drug-likeness (QED) is 0.195. The third kappa shape index (κ3) is 6.21. The number of quaternary nitrogens is 1. The smallest absolute Gasteiger partial charge is 0.497 e. The third-order valence-corrected chi connectivity index (χ3v) is 12.1. The number of benzene rings is 4. The monoisotopic (exact) mass is 790 g/mol. The molecule has 0 bridgehead atoms. The molecular weight excluding hydrogens is 755 g/mol. The number of carbonyl (C=O) groups excluding carboxylic acids is 2. The lowest BCUT2D eigenvalue weighted by atomic mass is 9.77. The number of alkyl halides is 3. The number of sulfonamides is 1. The van der Waals surface area contributed by atoms with E-state index in [-0.39, 0.29) is 51.9 Å². The maximum atomic E-state index is 15.8. The maximum absolute atomic E-state index is 15.8. The topological polar surface area (TPSA) is 152 Å². The zero-order valence-corrected chi connectivity index (χ0v) is 30.9. The number of likely N-dealkylation sites (N-methyl/N-ethyl adjacent to an activating group) is 2. The van der Waals surface area contributed by atoms with Gasteiger partial charge in [0.2, 0.25) is 5.54 Å². The van der Waals surface area contributed by atoms with E-state index in [0.29, 0.717) is 9.87 Å². The van der Waals surface area contributed by atoms with Crippen molar-refractivity contribution in [1.29, 1.82) is 0 Å². The molecule has 1 fully saturated rings. The van der Waals surface area contributed by atoms with E-state index >= 15 is 4.79 Å². The van der Waals surface area contributed by atoms with Crippen LogP contribution in [-0.4, -0.2) is 88.3 Å².